The number of nitrogens with two attached hydrogens (primary N) is 2. The Hall–Kier alpha value is -2.16. The van der Waals surface area contributed by atoms with Crippen LogP contribution in [-0.2, 0) is 6.42 Å². The van der Waals surface area contributed by atoms with Crippen LogP contribution >= 0.6 is 0 Å². The fourth-order valence-corrected chi connectivity index (χ4v) is 2.30. The first kappa shape index (κ1) is 10.0. The molecule has 1 aromatic heterocycles. The average Bonchev–Trinajstić information content (AvgIpc) is 2.73. The second kappa shape index (κ2) is 3.42. The van der Waals surface area contributed by atoms with Crippen LogP contribution in [0.25, 0.3) is 21.9 Å². The maximum atomic E-state index is 6.11. The molecule has 0 unspecified atom stereocenters. The highest BCUT2D eigenvalue weighted by Gasteiger charge is 2.14. The molecule has 0 spiro atoms. The molecule has 86 valence electrons. The molecule has 3 aromatic rings. The molecule has 1 heterocycles. The molecule has 0 aliphatic rings. The summed E-state index contributed by atoms with van der Waals surface area (Å²) in [6.07, 6.45) is 0.850. The lowest BCUT2D eigenvalue weighted by Gasteiger charge is -2.05. The predicted octanol–water partition coefficient (Wildman–Crippen LogP) is 3.31. The first-order valence-electron chi connectivity index (χ1n) is 5.70. The second-order valence-electron chi connectivity index (χ2n) is 4.19. The third-order valence-electron chi connectivity index (χ3n) is 3.19. The van der Waals surface area contributed by atoms with E-state index in [1.165, 1.54) is 0 Å². The summed E-state index contributed by atoms with van der Waals surface area (Å²) >= 11 is 0. The number of rotatable bonds is 1. The van der Waals surface area contributed by atoms with E-state index in [0.29, 0.717) is 11.3 Å². The third kappa shape index (κ3) is 1.29. The first-order valence-corrected chi connectivity index (χ1v) is 5.70. The minimum atomic E-state index is 0.702. The van der Waals surface area contributed by atoms with Gasteiger partial charge in [0.15, 0.2) is 5.58 Å². The van der Waals surface area contributed by atoms with Crippen LogP contribution in [0.4, 0.5) is 11.4 Å². The highest BCUT2D eigenvalue weighted by molar-refractivity contribution is 6.14. The van der Waals surface area contributed by atoms with E-state index in [1.54, 1.807) is 0 Å². The van der Waals surface area contributed by atoms with E-state index in [9.17, 15) is 0 Å². The lowest BCUT2D eigenvalue weighted by molar-refractivity contribution is 0.670. The summed E-state index contributed by atoms with van der Waals surface area (Å²) < 4.78 is 5.80. The molecule has 4 N–H and O–H groups in total. The second-order valence-corrected chi connectivity index (χ2v) is 4.19. The summed E-state index contributed by atoms with van der Waals surface area (Å²) in [7, 11) is 0. The Bertz CT molecular complexity index is 713. The fraction of sp³-hybridized carbons (Fsp3) is 0.143. The van der Waals surface area contributed by atoms with E-state index in [-0.39, 0.29) is 0 Å². The summed E-state index contributed by atoms with van der Waals surface area (Å²) in [5.41, 5.74) is 16.2. The molecule has 0 aliphatic carbocycles. The highest BCUT2D eigenvalue weighted by Crippen LogP contribution is 2.38. The zero-order valence-electron chi connectivity index (χ0n) is 9.66. The van der Waals surface area contributed by atoms with Gasteiger partial charge in [0.25, 0.3) is 0 Å². The average molecular weight is 226 g/mol. The number of aryl methyl sites for hydroxylation is 1. The summed E-state index contributed by atoms with van der Waals surface area (Å²) in [5, 5.41) is 1.95. The van der Waals surface area contributed by atoms with Crippen LogP contribution in [0.5, 0.6) is 0 Å². The largest absolute Gasteiger partial charge is 0.454 e. The van der Waals surface area contributed by atoms with Gasteiger partial charge in [-0.05, 0) is 24.1 Å². The quantitative estimate of drug-likeness (QED) is 0.625. The van der Waals surface area contributed by atoms with Crippen LogP contribution in [-0.4, -0.2) is 0 Å². The van der Waals surface area contributed by atoms with Crippen molar-refractivity contribution in [3.8, 4) is 0 Å². The van der Waals surface area contributed by atoms with Crippen LogP contribution in [0, 0.1) is 0 Å². The SMILES string of the molecule is CCc1cc(N)c2c(oc3ccccc32)c1N. The first-order chi connectivity index (χ1) is 8.22. The zero-order chi connectivity index (χ0) is 12.0. The molecular formula is C14H14N2O. The van der Waals surface area contributed by atoms with Crippen molar-refractivity contribution in [2.24, 2.45) is 0 Å². The van der Waals surface area contributed by atoms with E-state index >= 15 is 0 Å². The Morgan fingerprint density at radius 2 is 1.94 bits per heavy atom. The van der Waals surface area contributed by atoms with Crippen LogP contribution < -0.4 is 11.5 Å². The molecular weight excluding hydrogens is 212 g/mol. The van der Waals surface area contributed by atoms with Crippen molar-refractivity contribution in [1.82, 2.24) is 0 Å². The number of hydrogen-bond acceptors (Lipinski definition) is 3. The number of furan rings is 1. The standard InChI is InChI=1S/C14H14N2O/c1-2-8-7-10(15)12-9-5-3-4-6-11(9)17-14(12)13(8)16/h3-7H,2,15-16H2,1H3. The monoisotopic (exact) mass is 226 g/mol. The molecule has 0 aliphatic heterocycles. The molecule has 0 saturated carbocycles. The molecule has 3 heteroatoms. The number of benzene rings is 2. The molecule has 2 aromatic carbocycles. The Morgan fingerprint density at radius 1 is 1.18 bits per heavy atom. The minimum absolute atomic E-state index is 0.702. The van der Waals surface area contributed by atoms with Gasteiger partial charge < -0.3 is 15.9 Å². The number of anilines is 2. The summed E-state index contributed by atoms with van der Waals surface area (Å²) in [6, 6.07) is 9.79. The molecule has 3 nitrogen and oxygen atoms in total. The van der Waals surface area contributed by atoms with Crippen molar-refractivity contribution in [1.29, 1.82) is 0 Å². The van der Waals surface area contributed by atoms with Gasteiger partial charge in [0, 0.05) is 11.1 Å². The Morgan fingerprint density at radius 3 is 2.71 bits per heavy atom. The van der Waals surface area contributed by atoms with Gasteiger partial charge in [-0.15, -0.1) is 0 Å². The zero-order valence-corrected chi connectivity index (χ0v) is 9.66. The van der Waals surface area contributed by atoms with Crippen molar-refractivity contribution >= 4 is 33.3 Å². The number of fused-ring (bicyclic) bond motifs is 3. The topological polar surface area (TPSA) is 65.2 Å². The van der Waals surface area contributed by atoms with Crippen molar-refractivity contribution in [2.75, 3.05) is 11.5 Å². The Labute approximate surface area is 99.0 Å². The molecule has 0 atom stereocenters. The van der Waals surface area contributed by atoms with Crippen LogP contribution in [0.3, 0.4) is 0 Å². The lowest BCUT2D eigenvalue weighted by atomic mass is 10.0. The van der Waals surface area contributed by atoms with Gasteiger partial charge in [0.05, 0.1) is 11.1 Å². The number of para-hydroxylation sites is 1. The molecule has 0 fully saturated rings. The lowest BCUT2D eigenvalue weighted by Crippen LogP contribution is -1.96. The molecule has 17 heavy (non-hydrogen) atoms. The molecule has 0 amide bonds. The van der Waals surface area contributed by atoms with Gasteiger partial charge >= 0.3 is 0 Å². The van der Waals surface area contributed by atoms with Gasteiger partial charge in [0.1, 0.15) is 5.58 Å². The Balaban J connectivity index is 2.56. The third-order valence-corrected chi connectivity index (χ3v) is 3.19. The summed E-state index contributed by atoms with van der Waals surface area (Å²) in [4.78, 5) is 0. The summed E-state index contributed by atoms with van der Waals surface area (Å²) in [6.45, 7) is 2.06. The van der Waals surface area contributed by atoms with E-state index in [1.807, 2.05) is 30.3 Å². The van der Waals surface area contributed by atoms with Crippen molar-refractivity contribution in [2.45, 2.75) is 13.3 Å². The molecule has 0 saturated heterocycles. The fourth-order valence-electron chi connectivity index (χ4n) is 2.30. The van der Waals surface area contributed by atoms with Gasteiger partial charge in [0.2, 0.25) is 0 Å². The van der Waals surface area contributed by atoms with Crippen LogP contribution in [0.1, 0.15) is 12.5 Å². The normalized spacial score (nSPS) is 11.4. The van der Waals surface area contributed by atoms with Gasteiger partial charge in [-0.3, -0.25) is 0 Å². The van der Waals surface area contributed by atoms with E-state index in [2.05, 4.69) is 6.92 Å². The summed E-state index contributed by atoms with van der Waals surface area (Å²) in [5.74, 6) is 0. The van der Waals surface area contributed by atoms with Crippen LogP contribution in [0.15, 0.2) is 34.7 Å². The maximum Gasteiger partial charge on any atom is 0.160 e. The van der Waals surface area contributed by atoms with Crippen molar-refractivity contribution in [3.05, 3.63) is 35.9 Å². The minimum Gasteiger partial charge on any atom is -0.454 e. The number of hydrogen-bond donors (Lipinski definition) is 2. The van der Waals surface area contributed by atoms with Gasteiger partial charge in [-0.2, -0.15) is 0 Å². The van der Waals surface area contributed by atoms with Gasteiger partial charge in [-0.25, -0.2) is 0 Å². The number of nitrogen functional groups attached to an aromatic ring is 2. The smallest absolute Gasteiger partial charge is 0.160 e. The molecule has 0 radical (unpaired) electrons. The molecule has 3 rings (SSSR count). The van der Waals surface area contributed by atoms with Crippen molar-refractivity contribution in [3.63, 3.8) is 0 Å². The molecule has 0 bridgehead atoms. The van der Waals surface area contributed by atoms with E-state index < -0.39 is 0 Å². The van der Waals surface area contributed by atoms with E-state index in [4.69, 9.17) is 15.9 Å². The Kier molecular flexibility index (Phi) is 2.01. The maximum absolute atomic E-state index is 6.11. The predicted molar refractivity (Wildman–Crippen MR) is 71.9 cm³/mol. The highest BCUT2D eigenvalue weighted by atomic mass is 16.3. The van der Waals surface area contributed by atoms with Gasteiger partial charge in [-0.1, -0.05) is 25.1 Å². The van der Waals surface area contributed by atoms with Crippen LogP contribution in [0.2, 0.25) is 0 Å². The van der Waals surface area contributed by atoms with E-state index in [0.717, 1.165) is 34.0 Å². The van der Waals surface area contributed by atoms with Crippen molar-refractivity contribution < 1.29 is 4.42 Å².